The maximum absolute atomic E-state index is 4.37. The van der Waals surface area contributed by atoms with Crippen LogP contribution in [0, 0.1) is 0 Å². The molecule has 0 spiro atoms. The Morgan fingerprint density at radius 3 is 3.28 bits per heavy atom. The van der Waals surface area contributed by atoms with Crippen LogP contribution in [0.5, 0.6) is 0 Å². The number of nitrogens with one attached hydrogen (secondary N) is 1. The molecule has 0 unspecified atom stereocenters. The molecule has 1 N–H and O–H groups in total. The summed E-state index contributed by atoms with van der Waals surface area (Å²) >= 11 is 5.28. The average molecular weight is 327 g/mol. The van der Waals surface area contributed by atoms with Gasteiger partial charge in [-0.15, -0.1) is 11.3 Å². The minimum Gasteiger partial charge on any atom is -0.300 e. The molecule has 0 amide bonds. The summed E-state index contributed by atoms with van der Waals surface area (Å²) in [5.41, 5.74) is 0. The molecule has 0 aliphatic carbocycles. The minimum atomic E-state index is 0.317. The van der Waals surface area contributed by atoms with Gasteiger partial charge in [0.25, 0.3) is 0 Å². The predicted octanol–water partition coefficient (Wildman–Crippen LogP) is 3.29. The van der Waals surface area contributed by atoms with Crippen LogP contribution in [-0.2, 0) is 6.54 Å². The van der Waals surface area contributed by atoms with Gasteiger partial charge < -0.3 is 0 Å². The number of nitrogens with zero attached hydrogens (tertiary/aromatic N) is 3. The van der Waals surface area contributed by atoms with Crippen LogP contribution < -0.4 is 5.32 Å². The second-order valence-electron chi connectivity index (χ2n) is 4.59. The predicted molar refractivity (Wildman–Crippen MR) is 75.6 cm³/mol. The van der Waals surface area contributed by atoms with Crippen LogP contribution >= 0.6 is 27.3 Å². The van der Waals surface area contributed by atoms with Crippen LogP contribution in [0.2, 0.25) is 0 Å². The summed E-state index contributed by atoms with van der Waals surface area (Å²) in [6.07, 6.45) is 3.95. The zero-order chi connectivity index (χ0) is 12.5. The molecule has 1 aliphatic heterocycles. The van der Waals surface area contributed by atoms with E-state index in [1.165, 1.54) is 4.88 Å². The summed E-state index contributed by atoms with van der Waals surface area (Å²) in [5.74, 6) is 1.07. The second kappa shape index (κ2) is 5.11. The molecule has 96 valence electrons. The van der Waals surface area contributed by atoms with Gasteiger partial charge in [-0.05, 0) is 41.8 Å². The lowest BCUT2D eigenvalue weighted by molar-refractivity contribution is 0.345. The van der Waals surface area contributed by atoms with Gasteiger partial charge >= 0.3 is 0 Å². The number of hydrogen-bond acceptors (Lipinski definition) is 4. The van der Waals surface area contributed by atoms with Crippen LogP contribution in [0.1, 0.15) is 42.6 Å². The number of thiophene rings is 1. The molecule has 3 heterocycles. The van der Waals surface area contributed by atoms with Crippen molar-refractivity contribution in [3.8, 4) is 0 Å². The molecule has 2 aromatic heterocycles. The van der Waals surface area contributed by atoms with E-state index in [9.17, 15) is 0 Å². The first-order chi connectivity index (χ1) is 8.74. The standard InChI is InChI=1S/C12H15BrN4S/c1-8(11-5-9(13)6-18-11)16-10-3-2-4-17-12(10)14-7-15-17/h5-8,10,16H,2-4H2,1H3/t8-,10-/m1/s1. The van der Waals surface area contributed by atoms with E-state index in [-0.39, 0.29) is 0 Å². The Hall–Kier alpha value is -0.720. The monoisotopic (exact) mass is 326 g/mol. The molecule has 0 radical (unpaired) electrons. The summed E-state index contributed by atoms with van der Waals surface area (Å²) in [4.78, 5) is 5.72. The number of halogens is 1. The summed E-state index contributed by atoms with van der Waals surface area (Å²) in [6.45, 7) is 3.19. The number of aromatic nitrogens is 3. The van der Waals surface area contributed by atoms with Crippen molar-refractivity contribution in [3.63, 3.8) is 0 Å². The third-order valence-corrected chi connectivity index (χ3v) is 5.16. The molecule has 6 heteroatoms. The topological polar surface area (TPSA) is 42.7 Å². The van der Waals surface area contributed by atoms with Gasteiger partial charge in [-0.3, -0.25) is 5.32 Å². The maximum atomic E-state index is 4.37. The van der Waals surface area contributed by atoms with Crippen molar-refractivity contribution in [2.75, 3.05) is 0 Å². The molecule has 0 fully saturated rings. The van der Waals surface area contributed by atoms with E-state index in [1.807, 2.05) is 4.68 Å². The first-order valence-electron chi connectivity index (χ1n) is 6.11. The first kappa shape index (κ1) is 12.3. The highest BCUT2D eigenvalue weighted by atomic mass is 79.9. The number of aryl methyl sites for hydroxylation is 1. The number of hydrogen-bond donors (Lipinski definition) is 1. The van der Waals surface area contributed by atoms with Crippen molar-refractivity contribution in [3.05, 3.63) is 32.9 Å². The van der Waals surface area contributed by atoms with Gasteiger partial charge in [-0.2, -0.15) is 5.10 Å². The summed E-state index contributed by atoms with van der Waals surface area (Å²) in [5, 5.41) is 10.0. The van der Waals surface area contributed by atoms with Gasteiger partial charge in [0, 0.05) is 27.3 Å². The highest BCUT2D eigenvalue weighted by Gasteiger charge is 2.24. The lowest BCUT2D eigenvalue weighted by Crippen LogP contribution is -2.30. The molecule has 4 nitrogen and oxygen atoms in total. The van der Waals surface area contributed by atoms with Crippen LogP contribution in [0.4, 0.5) is 0 Å². The van der Waals surface area contributed by atoms with E-state index in [2.05, 4.69) is 49.7 Å². The normalized spacial score (nSPS) is 20.7. The Kier molecular flexibility index (Phi) is 3.50. The fraction of sp³-hybridized carbons (Fsp3) is 0.500. The van der Waals surface area contributed by atoms with Crippen molar-refractivity contribution in [2.45, 2.75) is 38.4 Å². The van der Waals surface area contributed by atoms with Gasteiger partial charge in [0.15, 0.2) is 0 Å². The van der Waals surface area contributed by atoms with E-state index in [0.717, 1.165) is 29.7 Å². The molecule has 18 heavy (non-hydrogen) atoms. The Morgan fingerprint density at radius 1 is 1.61 bits per heavy atom. The molecular formula is C12H15BrN4S. The molecule has 2 aromatic rings. The largest absolute Gasteiger partial charge is 0.300 e. The van der Waals surface area contributed by atoms with Gasteiger partial charge in [-0.1, -0.05) is 0 Å². The third-order valence-electron chi connectivity index (χ3n) is 3.29. The fourth-order valence-electron chi connectivity index (χ4n) is 2.39. The van der Waals surface area contributed by atoms with E-state index < -0.39 is 0 Å². The maximum Gasteiger partial charge on any atom is 0.143 e. The average Bonchev–Trinajstić information content (AvgIpc) is 2.97. The Labute approximate surface area is 119 Å². The molecule has 1 aliphatic rings. The van der Waals surface area contributed by atoms with Crippen molar-refractivity contribution in [1.82, 2.24) is 20.1 Å². The van der Waals surface area contributed by atoms with Crippen LogP contribution in [0.3, 0.4) is 0 Å². The quantitative estimate of drug-likeness (QED) is 0.941. The molecule has 0 aromatic carbocycles. The molecule has 2 atom stereocenters. The van der Waals surface area contributed by atoms with Crippen LogP contribution in [0.25, 0.3) is 0 Å². The van der Waals surface area contributed by atoms with Gasteiger partial charge in [0.05, 0.1) is 6.04 Å². The van der Waals surface area contributed by atoms with Crippen LogP contribution in [-0.4, -0.2) is 14.8 Å². The first-order valence-corrected chi connectivity index (χ1v) is 7.79. The zero-order valence-corrected chi connectivity index (χ0v) is 12.5. The molecule has 3 rings (SSSR count). The van der Waals surface area contributed by atoms with Gasteiger partial charge in [0.1, 0.15) is 12.2 Å². The SMILES string of the molecule is C[C@@H](N[C@@H]1CCCn2ncnc21)c1cc(Br)cs1. The van der Waals surface area contributed by atoms with E-state index in [0.29, 0.717) is 12.1 Å². The van der Waals surface area contributed by atoms with E-state index in [1.54, 1.807) is 17.7 Å². The molecular weight excluding hydrogens is 312 g/mol. The Balaban J connectivity index is 1.74. The summed E-state index contributed by atoms with van der Waals surface area (Å²) in [6, 6.07) is 2.84. The lowest BCUT2D eigenvalue weighted by atomic mass is 10.1. The van der Waals surface area contributed by atoms with E-state index >= 15 is 0 Å². The highest BCUT2D eigenvalue weighted by Crippen LogP contribution is 2.29. The van der Waals surface area contributed by atoms with Crippen molar-refractivity contribution < 1.29 is 0 Å². The van der Waals surface area contributed by atoms with E-state index in [4.69, 9.17) is 0 Å². The molecule has 0 saturated heterocycles. The number of fused-ring (bicyclic) bond motifs is 1. The Morgan fingerprint density at radius 2 is 2.50 bits per heavy atom. The fourth-order valence-corrected chi connectivity index (χ4v) is 3.85. The van der Waals surface area contributed by atoms with Crippen LogP contribution in [0.15, 0.2) is 22.2 Å². The third kappa shape index (κ3) is 2.37. The zero-order valence-electron chi connectivity index (χ0n) is 10.1. The molecule has 0 saturated carbocycles. The summed E-state index contributed by atoms with van der Waals surface area (Å²) in [7, 11) is 0. The van der Waals surface area contributed by atoms with Crippen molar-refractivity contribution >= 4 is 27.3 Å². The van der Waals surface area contributed by atoms with Gasteiger partial charge in [0.2, 0.25) is 0 Å². The lowest BCUT2D eigenvalue weighted by Gasteiger charge is -2.26. The smallest absolute Gasteiger partial charge is 0.143 e. The van der Waals surface area contributed by atoms with Gasteiger partial charge in [-0.25, -0.2) is 9.67 Å². The minimum absolute atomic E-state index is 0.317. The Bertz CT molecular complexity index is 536. The summed E-state index contributed by atoms with van der Waals surface area (Å²) < 4.78 is 3.17. The highest BCUT2D eigenvalue weighted by molar-refractivity contribution is 9.10. The van der Waals surface area contributed by atoms with Crippen molar-refractivity contribution in [2.24, 2.45) is 0 Å². The second-order valence-corrected chi connectivity index (χ2v) is 6.45. The molecule has 0 bridgehead atoms. The van der Waals surface area contributed by atoms with Crippen molar-refractivity contribution in [1.29, 1.82) is 0 Å². The number of rotatable bonds is 3.